The first-order chi connectivity index (χ1) is 10.2. The standard InChI is InChI=1S/C17H14O4/c1-20-17(19)11-6-7-16-14(10-11)12(8-9-21-16)13-4-2-3-5-15(13)18/h2-8,10,18H,9H2,1H3. The molecule has 2 aromatic carbocycles. The number of fused-ring (bicyclic) bond motifs is 1. The van der Waals surface area contributed by atoms with E-state index in [9.17, 15) is 9.90 Å². The van der Waals surface area contributed by atoms with Crippen molar-refractivity contribution in [1.82, 2.24) is 0 Å². The molecule has 4 nitrogen and oxygen atoms in total. The van der Waals surface area contributed by atoms with Crippen LogP contribution in [0, 0.1) is 0 Å². The number of carbonyl (C=O) groups is 1. The highest BCUT2D eigenvalue weighted by Crippen LogP contribution is 2.38. The van der Waals surface area contributed by atoms with E-state index >= 15 is 0 Å². The Morgan fingerprint density at radius 1 is 1.19 bits per heavy atom. The van der Waals surface area contributed by atoms with Crippen molar-refractivity contribution in [1.29, 1.82) is 0 Å². The zero-order valence-electron chi connectivity index (χ0n) is 11.5. The topological polar surface area (TPSA) is 55.8 Å². The van der Waals surface area contributed by atoms with Crippen LogP contribution in [0.25, 0.3) is 5.57 Å². The lowest BCUT2D eigenvalue weighted by molar-refractivity contribution is 0.0600. The maximum atomic E-state index is 11.7. The maximum absolute atomic E-state index is 11.7. The Hall–Kier alpha value is -2.75. The summed E-state index contributed by atoms with van der Waals surface area (Å²) < 4.78 is 10.3. The van der Waals surface area contributed by atoms with Crippen LogP contribution in [-0.2, 0) is 4.74 Å². The molecule has 0 radical (unpaired) electrons. The summed E-state index contributed by atoms with van der Waals surface area (Å²) in [4.78, 5) is 11.7. The molecule has 0 amide bonds. The van der Waals surface area contributed by atoms with Crippen LogP contribution >= 0.6 is 0 Å². The number of carbonyl (C=O) groups excluding carboxylic acids is 1. The Bertz CT molecular complexity index is 731. The Morgan fingerprint density at radius 3 is 2.76 bits per heavy atom. The molecule has 4 heteroatoms. The van der Waals surface area contributed by atoms with E-state index in [1.165, 1.54) is 7.11 Å². The molecule has 0 bridgehead atoms. The molecule has 0 aliphatic carbocycles. The number of rotatable bonds is 2. The van der Waals surface area contributed by atoms with Gasteiger partial charge in [-0.15, -0.1) is 0 Å². The zero-order chi connectivity index (χ0) is 14.8. The molecule has 0 fully saturated rings. The number of esters is 1. The number of aromatic hydroxyl groups is 1. The van der Waals surface area contributed by atoms with E-state index in [0.29, 0.717) is 23.5 Å². The van der Waals surface area contributed by atoms with Crippen LogP contribution in [0.3, 0.4) is 0 Å². The van der Waals surface area contributed by atoms with Crippen molar-refractivity contribution < 1.29 is 19.4 Å². The highest BCUT2D eigenvalue weighted by Gasteiger charge is 2.19. The average Bonchev–Trinajstić information content (AvgIpc) is 2.53. The van der Waals surface area contributed by atoms with Gasteiger partial charge >= 0.3 is 5.97 Å². The number of methoxy groups -OCH3 is 1. The van der Waals surface area contributed by atoms with E-state index in [1.807, 2.05) is 18.2 Å². The lowest BCUT2D eigenvalue weighted by Crippen LogP contribution is -2.08. The van der Waals surface area contributed by atoms with E-state index in [4.69, 9.17) is 9.47 Å². The molecule has 2 aromatic rings. The molecule has 1 aliphatic heterocycles. The minimum absolute atomic E-state index is 0.195. The monoisotopic (exact) mass is 282 g/mol. The third kappa shape index (κ3) is 2.36. The number of hydrogen-bond donors (Lipinski definition) is 1. The molecular formula is C17H14O4. The van der Waals surface area contributed by atoms with Gasteiger partial charge in [-0.1, -0.05) is 18.2 Å². The SMILES string of the molecule is COC(=O)c1ccc2c(c1)C(c1ccccc1O)=CCO2. The summed E-state index contributed by atoms with van der Waals surface area (Å²) in [6.07, 6.45) is 1.89. The summed E-state index contributed by atoms with van der Waals surface area (Å²) >= 11 is 0. The Balaban J connectivity index is 2.13. The predicted molar refractivity (Wildman–Crippen MR) is 78.5 cm³/mol. The fourth-order valence-corrected chi connectivity index (χ4v) is 2.39. The highest BCUT2D eigenvalue weighted by molar-refractivity contribution is 5.93. The van der Waals surface area contributed by atoms with Crippen LogP contribution in [0.1, 0.15) is 21.5 Å². The summed E-state index contributed by atoms with van der Waals surface area (Å²) in [6, 6.07) is 12.2. The van der Waals surface area contributed by atoms with Crippen molar-refractivity contribution in [2.75, 3.05) is 13.7 Å². The Morgan fingerprint density at radius 2 is 2.00 bits per heavy atom. The molecule has 21 heavy (non-hydrogen) atoms. The minimum atomic E-state index is -0.403. The molecule has 1 heterocycles. The minimum Gasteiger partial charge on any atom is -0.507 e. The summed E-state index contributed by atoms with van der Waals surface area (Å²) in [6.45, 7) is 0.425. The first-order valence-electron chi connectivity index (χ1n) is 6.55. The average molecular weight is 282 g/mol. The number of hydrogen-bond acceptors (Lipinski definition) is 4. The molecule has 3 rings (SSSR count). The molecule has 1 N–H and O–H groups in total. The van der Waals surface area contributed by atoms with Gasteiger partial charge in [0.15, 0.2) is 0 Å². The Kier molecular flexibility index (Phi) is 3.36. The second-order valence-corrected chi connectivity index (χ2v) is 4.65. The van der Waals surface area contributed by atoms with Crippen molar-refractivity contribution in [2.45, 2.75) is 0 Å². The molecule has 106 valence electrons. The van der Waals surface area contributed by atoms with Crippen LogP contribution in [0.15, 0.2) is 48.5 Å². The van der Waals surface area contributed by atoms with Crippen molar-refractivity contribution in [3.8, 4) is 11.5 Å². The fourth-order valence-electron chi connectivity index (χ4n) is 2.39. The smallest absolute Gasteiger partial charge is 0.337 e. The molecule has 0 saturated carbocycles. The van der Waals surface area contributed by atoms with Crippen LogP contribution < -0.4 is 4.74 Å². The summed E-state index contributed by atoms with van der Waals surface area (Å²) in [7, 11) is 1.35. The van der Waals surface area contributed by atoms with Crippen molar-refractivity contribution in [2.24, 2.45) is 0 Å². The molecule has 0 unspecified atom stereocenters. The van der Waals surface area contributed by atoms with Crippen molar-refractivity contribution in [3.63, 3.8) is 0 Å². The van der Waals surface area contributed by atoms with Crippen LogP contribution in [0.4, 0.5) is 0 Å². The maximum Gasteiger partial charge on any atom is 0.337 e. The van der Waals surface area contributed by atoms with Gasteiger partial charge in [0.2, 0.25) is 0 Å². The number of phenolic OH excluding ortho intramolecular Hbond substituents is 1. The molecular weight excluding hydrogens is 268 g/mol. The predicted octanol–water partition coefficient (Wildman–Crippen LogP) is 3.00. The van der Waals surface area contributed by atoms with Crippen molar-refractivity contribution >= 4 is 11.5 Å². The molecule has 0 spiro atoms. The van der Waals surface area contributed by atoms with Gasteiger partial charge in [-0.3, -0.25) is 0 Å². The van der Waals surface area contributed by atoms with Gasteiger partial charge in [-0.25, -0.2) is 4.79 Å². The lowest BCUT2D eigenvalue weighted by Gasteiger charge is -2.20. The van der Waals surface area contributed by atoms with E-state index in [1.54, 1.807) is 30.3 Å². The molecule has 0 aromatic heterocycles. The second kappa shape index (κ2) is 5.32. The van der Waals surface area contributed by atoms with Gasteiger partial charge in [-0.05, 0) is 35.9 Å². The number of ether oxygens (including phenoxy) is 2. The molecule has 0 saturated heterocycles. The molecule has 1 aliphatic rings. The third-order valence-electron chi connectivity index (χ3n) is 3.41. The van der Waals surface area contributed by atoms with Gasteiger partial charge in [0.25, 0.3) is 0 Å². The van der Waals surface area contributed by atoms with Crippen molar-refractivity contribution in [3.05, 3.63) is 65.2 Å². The lowest BCUT2D eigenvalue weighted by atomic mass is 9.93. The third-order valence-corrected chi connectivity index (χ3v) is 3.41. The van der Waals surface area contributed by atoms with Gasteiger partial charge < -0.3 is 14.6 Å². The van der Waals surface area contributed by atoms with Crippen LogP contribution in [-0.4, -0.2) is 24.8 Å². The quantitative estimate of drug-likeness (QED) is 0.860. The second-order valence-electron chi connectivity index (χ2n) is 4.65. The summed E-state index contributed by atoms with van der Waals surface area (Å²) in [5, 5.41) is 10.0. The van der Waals surface area contributed by atoms with Gasteiger partial charge in [0, 0.05) is 11.1 Å². The van der Waals surface area contributed by atoms with Crippen LogP contribution in [0.2, 0.25) is 0 Å². The van der Waals surface area contributed by atoms with E-state index in [0.717, 1.165) is 11.1 Å². The number of benzene rings is 2. The Labute approximate surface area is 122 Å². The first-order valence-corrected chi connectivity index (χ1v) is 6.55. The van der Waals surface area contributed by atoms with E-state index < -0.39 is 5.97 Å². The van der Waals surface area contributed by atoms with Gasteiger partial charge in [-0.2, -0.15) is 0 Å². The van der Waals surface area contributed by atoms with Crippen LogP contribution in [0.5, 0.6) is 11.5 Å². The van der Waals surface area contributed by atoms with Gasteiger partial charge in [0.1, 0.15) is 18.1 Å². The fraction of sp³-hybridized carbons (Fsp3) is 0.118. The number of phenols is 1. The van der Waals surface area contributed by atoms with Gasteiger partial charge in [0.05, 0.1) is 12.7 Å². The highest BCUT2D eigenvalue weighted by atomic mass is 16.5. The van der Waals surface area contributed by atoms with E-state index in [2.05, 4.69) is 0 Å². The van der Waals surface area contributed by atoms with E-state index in [-0.39, 0.29) is 5.75 Å². The molecule has 0 atom stereocenters. The first kappa shape index (κ1) is 13.2. The largest absolute Gasteiger partial charge is 0.507 e. The number of para-hydroxylation sites is 1. The summed E-state index contributed by atoms with van der Waals surface area (Å²) in [5.41, 5.74) is 2.78. The summed E-state index contributed by atoms with van der Waals surface area (Å²) in [5.74, 6) is 0.475. The zero-order valence-corrected chi connectivity index (χ0v) is 11.5. The normalized spacial score (nSPS) is 12.9.